The molecule has 16 heteroatoms. The molecule has 11 atom stereocenters. The van der Waals surface area contributed by atoms with E-state index in [1.165, 1.54) is 13.8 Å². The fourth-order valence-electron chi connectivity index (χ4n) is 6.31. The number of ether oxygens (including phenoxy) is 1. The number of esters is 1. The van der Waals surface area contributed by atoms with Crippen LogP contribution in [0, 0.1) is 23.7 Å². The van der Waals surface area contributed by atoms with Crippen LogP contribution in [0.1, 0.15) is 106 Å². The number of carbonyl (C=O) groups excluding carboxylic acids is 7. The van der Waals surface area contributed by atoms with Crippen LogP contribution in [-0.4, -0.2) is 102 Å². The van der Waals surface area contributed by atoms with E-state index in [-0.39, 0.29) is 30.1 Å². The molecule has 1 saturated heterocycles. The van der Waals surface area contributed by atoms with E-state index in [0.717, 1.165) is 12.0 Å². The monoisotopic (exact) mass is 816 g/mol. The normalized spacial score (nSPS) is 23.7. The lowest BCUT2D eigenvalue weighted by atomic mass is 9.91. The number of aliphatic hydroxyl groups is 1. The summed E-state index contributed by atoms with van der Waals surface area (Å²) in [6, 6.07) is 2.38. The predicted molar refractivity (Wildman–Crippen MR) is 219 cm³/mol. The molecule has 0 unspecified atom stereocenters. The summed E-state index contributed by atoms with van der Waals surface area (Å²) in [7, 11) is 0. The van der Waals surface area contributed by atoms with E-state index in [2.05, 4.69) is 37.2 Å². The highest BCUT2D eigenvalue weighted by Crippen LogP contribution is 2.17. The van der Waals surface area contributed by atoms with Crippen molar-refractivity contribution in [3.63, 3.8) is 0 Å². The summed E-state index contributed by atoms with van der Waals surface area (Å²) in [5.41, 5.74) is 1.14. The van der Waals surface area contributed by atoms with Crippen molar-refractivity contribution in [2.45, 2.75) is 150 Å². The number of benzene rings is 1. The predicted octanol–water partition coefficient (Wildman–Crippen LogP) is 1.59. The molecule has 8 N–H and O–H groups in total. The summed E-state index contributed by atoms with van der Waals surface area (Å²) in [5, 5.41) is 29.4. The number of amides is 6. The van der Waals surface area contributed by atoms with Crippen molar-refractivity contribution in [2.24, 2.45) is 23.7 Å². The summed E-state index contributed by atoms with van der Waals surface area (Å²) in [4.78, 5) is 94.8. The molecule has 6 amide bonds. The first-order valence-electron chi connectivity index (χ1n) is 20.9. The standard InChI is InChI=1S/C42H69N7O9/c1-10-24(4)27(7)36(51)47-33(25(5)11-2)40(55)46-32(23-50)39(54)49-35-29(9)58-42(57)34(26(6)12-3)48-38(53)31(45-37(52)28(8)44-41(35)56)20-16-17-21-43-22-30-18-14-13-15-19-30/h13-15,18-19,24-29,31-35,43,50H,10-12,16-17,20-23H2,1-9H3,(H,44,56)(H,45,52)(H,46,55)(H,47,51)(H,48,53)(H,49,54)/t24-,25-,26-,27+,28-,29-,31-,32-,33-,34-,35+/m0/s1. The molecule has 0 radical (unpaired) electrons. The van der Waals surface area contributed by atoms with Gasteiger partial charge in [-0.1, -0.05) is 98.1 Å². The SMILES string of the molecule is CC[C@H](C)[C@H](NC(=O)[C@H](C)[C@@H](C)CC)C(=O)N[C@@H](CO)C(=O)N[C@H]1C(=O)N[C@@H](C)C(=O)N[C@@H](CCCCNCc2ccccc2)C(=O)N[C@@H]([C@@H](C)CC)C(=O)O[C@H]1C. The molecular formula is C42H69N7O9. The lowest BCUT2D eigenvalue weighted by molar-refractivity contribution is -0.157. The van der Waals surface area contributed by atoms with Gasteiger partial charge >= 0.3 is 5.97 Å². The van der Waals surface area contributed by atoms with Crippen LogP contribution in [0.15, 0.2) is 30.3 Å². The third kappa shape index (κ3) is 15.3. The zero-order chi connectivity index (χ0) is 43.5. The van der Waals surface area contributed by atoms with Gasteiger partial charge in [-0.25, -0.2) is 4.79 Å². The Labute approximate surface area is 343 Å². The van der Waals surface area contributed by atoms with Crippen molar-refractivity contribution in [3.05, 3.63) is 35.9 Å². The second kappa shape index (κ2) is 25.0. The number of hydrogen-bond donors (Lipinski definition) is 8. The number of rotatable bonds is 20. The molecule has 0 bridgehead atoms. The summed E-state index contributed by atoms with van der Waals surface area (Å²) in [6.07, 6.45) is 1.95. The van der Waals surface area contributed by atoms with E-state index in [1.54, 1.807) is 20.8 Å². The third-order valence-electron chi connectivity index (χ3n) is 11.3. The van der Waals surface area contributed by atoms with Gasteiger partial charge < -0.3 is 47.1 Å². The van der Waals surface area contributed by atoms with Crippen LogP contribution in [-0.2, 0) is 44.8 Å². The smallest absolute Gasteiger partial charge is 0.329 e. The summed E-state index contributed by atoms with van der Waals surface area (Å²) in [6.45, 7) is 16.2. The molecule has 0 aromatic heterocycles. The Balaban J connectivity index is 2.27. The molecule has 1 heterocycles. The Kier molecular flexibility index (Phi) is 21.4. The van der Waals surface area contributed by atoms with Crippen molar-refractivity contribution >= 4 is 41.4 Å². The summed E-state index contributed by atoms with van der Waals surface area (Å²) < 4.78 is 5.72. The number of carbonyl (C=O) groups is 7. The summed E-state index contributed by atoms with van der Waals surface area (Å²) in [5.74, 6) is -6.04. The minimum absolute atomic E-state index is 0.0596. The quantitative estimate of drug-likeness (QED) is 0.0700. The number of nitrogens with one attached hydrogen (secondary N) is 7. The third-order valence-corrected chi connectivity index (χ3v) is 11.3. The highest BCUT2D eigenvalue weighted by atomic mass is 16.5. The second-order valence-corrected chi connectivity index (χ2v) is 15.7. The fourth-order valence-corrected chi connectivity index (χ4v) is 6.31. The maximum atomic E-state index is 13.8. The zero-order valence-electron chi connectivity index (χ0n) is 35.8. The van der Waals surface area contributed by atoms with Crippen molar-refractivity contribution in [3.8, 4) is 0 Å². The average Bonchev–Trinajstić information content (AvgIpc) is 3.21. The van der Waals surface area contributed by atoms with E-state index in [1.807, 2.05) is 58.0 Å². The first-order valence-corrected chi connectivity index (χ1v) is 20.9. The maximum Gasteiger partial charge on any atom is 0.329 e. The lowest BCUT2D eigenvalue weighted by Gasteiger charge is -2.30. The molecule has 2 rings (SSSR count). The van der Waals surface area contributed by atoms with Gasteiger partial charge in [0.1, 0.15) is 42.4 Å². The van der Waals surface area contributed by atoms with Crippen LogP contribution >= 0.6 is 0 Å². The molecule has 16 nitrogen and oxygen atoms in total. The topological polar surface area (TPSA) is 233 Å². The first kappa shape index (κ1) is 49.6. The van der Waals surface area contributed by atoms with Crippen molar-refractivity contribution in [1.82, 2.24) is 37.2 Å². The van der Waals surface area contributed by atoms with Gasteiger partial charge in [-0.3, -0.25) is 28.8 Å². The van der Waals surface area contributed by atoms with Crippen LogP contribution in [0.3, 0.4) is 0 Å². The largest absolute Gasteiger partial charge is 0.458 e. The molecule has 0 spiro atoms. The van der Waals surface area contributed by atoms with Gasteiger partial charge in [0.25, 0.3) is 0 Å². The van der Waals surface area contributed by atoms with E-state index >= 15 is 0 Å². The van der Waals surface area contributed by atoms with E-state index in [4.69, 9.17) is 4.74 Å². The second-order valence-electron chi connectivity index (χ2n) is 15.7. The van der Waals surface area contributed by atoms with Crippen LogP contribution in [0.4, 0.5) is 0 Å². The van der Waals surface area contributed by atoms with Gasteiger partial charge in [0.2, 0.25) is 35.4 Å². The van der Waals surface area contributed by atoms with Gasteiger partial charge in [-0.05, 0) is 63.0 Å². The summed E-state index contributed by atoms with van der Waals surface area (Å²) >= 11 is 0. The van der Waals surface area contributed by atoms with E-state index < -0.39 is 90.4 Å². The molecular weight excluding hydrogens is 747 g/mol. The van der Waals surface area contributed by atoms with Gasteiger partial charge in [0, 0.05) is 12.5 Å². The molecule has 326 valence electrons. The number of hydrogen-bond acceptors (Lipinski definition) is 10. The Morgan fingerprint density at radius 3 is 2.03 bits per heavy atom. The number of cyclic esters (lactones) is 1. The molecule has 0 saturated carbocycles. The molecule has 58 heavy (non-hydrogen) atoms. The average molecular weight is 816 g/mol. The molecule has 1 aliphatic rings. The van der Waals surface area contributed by atoms with E-state index in [0.29, 0.717) is 38.8 Å². The van der Waals surface area contributed by atoms with Crippen molar-refractivity contribution in [1.29, 1.82) is 0 Å². The van der Waals surface area contributed by atoms with Crippen molar-refractivity contribution < 1.29 is 43.4 Å². The van der Waals surface area contributed by atoms with Gasteiger partial charge in [0.15, 0.2) is 0 Å². The van der Waals surface area contributed by atoms with Gasteiger partial charge in [0.05, 0.1) is 6.61 Å². The van der Waals surface area contributed by atoms with Gasteiger partial charge in [-0.2, -0.15) is 0 Å². The first-order chi connectivity index (χ1) is 27.5. The highest BCUT2D eigenvalue weighted by molar-refractivity contribution is 5.97. The number of aliphatic hydroxyl groups excluding tert-OH is 1. The Morgan fingerprint density at radius 2 is 1.43 bits per heavy atom. The molecule has 1 aromatic carbocycles. The Bertz CT molecular complexity index is 1510. The molecule has 0 aliphatic carbocycles. The fraction of sp³-hybridized carbons (Fsp3) is 0.690. The highest BCUT2D eigenvalue weighted by Gasteiger charge is 2.39. The van der Waals surface area contributed by atoms with E-state index in [9.17, 15) is 38.7 Å². The lowest BCUT2D eigenvalue weighted by Crippen LogP contribution is -2.62. The van der Waals surface area contributed by atoms with Crippen molar-refractivity contribution in [2.75, 3.05) is 13.2 Å². The van der Waals surface area contributed by atoms with Crippen LogP contribution in [0.25, 0.3) is 0 Å². The zero-order valence-corrected chi connectivity index (χ0v) is 35.8. The minimum Gasteiger partial charge on any atom is -0.458 e. The number of unbranched alkanes of at least 4 members (excludes halogenated alkanes) is 1. The maximum absolute atomic E-state index is 13.8. The molecule has 1 aliphatic heterocycles. The van der Waals surface area contributed by atoms with Crippen LogP contribution in [0.2, 0.25) is 0 Å². The van der Waals surface area contributed by atoms with Gasteiger partial charge in [-0.15, -0.1) is 0 Å². The molecule has 1 aromatic rings. The van der Waals surface area contributed by atoms with Crippen LogP contribution < -0.4 is 37.2 Å². The Hall–Kier alpha value is -4.57. The minimum atomic E-state index is -1.59. The Morgan fingerprint density at radius 1 is 0.776 bits per heavy atom. The molecule has 1 fully saturated rings. The van der Waals surface area contributed by atoms with Crippen LogP contribution in [0.5, 0.6) is 0 Å².